The largest absolute Gasteiger partial charge is 0.368 e. The SMILES string of the molecule is C=C1CCCC/C1=C/C=C1\CCC[C@]2(C)C([C@H](C)OCC(N)=O)=CCC12. The lowest BCUT2D eigenvalue weighted by molar-refractivity contribution is -0.123. The minimum absolute atomic E-state index is 0.00381. The molecule has 0 aromatic heterocycles. The summed E-state index contributed by atoms with van der Waals surface area (Å²) in [5.41, 5.74) is 11.1. The molecule has 0 aromatic carbocycles. The zero-order chi connectivity index (χ0) is 18.7. The standard InChI is InChI=1S/C23H33NO2/c1-16-7-4-5-8-18(16)10-11-19-9-6-14-23(3)20(12-13-21(19)23)17(2)26-15-22(24)25/h10-12,17,21H,1,4-9,13-15H2,2-3H3,(H2,24,25)/b18-10-,19-11+/t17-,21?,23+/m0/s1. The second-order valence-electron chi connectivity index (χ2n) is 8.38. The molecule has 2 N–H and O–H groups in total. The second-order valence-corrected chi connectivity index (χ2v) is 8.38. The van der Waals surface area contributed by atoms with Gasteiger partial charge < -0.3 is 10.5 Å². The molecule has 3 heteroatoms. The van der Waals surface area contributed by atoms with Gasteiger partial charge in [-0.15, -0.1) is 0 Å². The molecular formula is C23H33NO2. The normalized spacial score (nSPS) is 33.2. The predicted molar refractivity (Wildman–Crippen MR) is 107 cm³/mol. The van der Waals surface area contributed by atoms with E-state index in [0.29, 0.717) is 5.92 Å². The van der Waals surface area contributed by atoms with Crippen molar-refractivity contribution in [3.05, 3.63) is 47.1 Å². The van der Waals surface area contributed by atoms with Crippen molar-refractivity contribution in [2.75, 3.05) is 6.61 Å². The quantitative estimate of drug-likeness (QED) is 0.706. The van der Waals surface area contributed by atoms with Crippen LogP contribution < -0.4 is 5.73 Å². The number of nitrogens with two attached hydrogens (primary N) is 1. The van der Waals surface area contributed by atoms with Gasteiger partial charge in [0.05, 0.1) is 6.10 Å². The molecule has 3 atom stereocenters. The number of hydrogen-bond acceptors (Lipinski definition) is 2. The smallest absolute Gasteiger partial charge is 0.243 e. The van der Waals surface area contributed by atoms with Crippen LogP contribution in [0.1, 0.15) is 65.2 Å². The molecule has 0 aliphatic heterocycles. The first-order valence-corrected chi connectivity index (χ1v) is 10.1. The fraction of sp³-hybridized carbons (Fsp3) is 0.609. The summed E-state index contributed by atoms with van der Waals surface area (Å²) in [5, 5.41) is 0. The van der Waals surface area contributed by atoms with E-state index in [1.807, 2.05) is 6.92 Å². The Morgan fingerprint density at radius 2 is 2.12 bits per heavy atom. The van der Waals surface area contributed by atoms with Gasteiger partial charge in [0, 0.05) is 0 Å². The van der Waals surface area contributed by atoms with Crippen LogP contribution in [0.5, 0.6) is 0 Å². The van der Waals surface area contributed by atoms with Crippen LogP contribution in [-0.2, 0) is 9.53 Å². The Balaban J connectivity index is 1.75. The molecule has 0 radical (unpaired) electrons. The Morgan fingerprint density at radius 1 is 1.35 bits per heavy atom. The molecule has 2 saturated carbocycles. The number of rotatable bonds is 5. The first-order chi connectivity index (χ1) is 12.4. The molecule has 142 valence electrons. The van der Waals surface area contributed by atoms with E-state index in [0.717, 1.165) is 12.8 Å². The third-order valence-electron chi connectivity index (χ3n) is 6.65. The molecule has 0 heterocycles. The average molecular weight is 356 g/mol. The minimum atomic E-state index is -0.402. The molecule has 3 nitrogen and oxygen atoms in total. The van der Waals surface area contributed by atoms with Crippen LogP contribution in [0.15, 0.2) is 47.1 Å². The van der Waals surface area contributed by atoms with Gasteiger partial charge in [-0.3, -0.25) is 4.79 Å². The molecule has 0 saturated heterocycles. The fourth-order valence-electron chi connectivity index (χ4n) is 5.18. The Hall–Kier alpha value is -1.61. The maximum atomic E-state index is 11.1. The number of hydrogen-bond donors (Lipinski definition) is 1. The van der Waals surface area contributed by atoms with Crippen LogP contribution >= 0.6 is 0 Å². The van der Waals surface area contributed by atoms with Crippen LogP contribution in [0.3, 0.4) is 0 Å². The van der Waals surface area contributed by atoms with Gasteiger partial charge in [0.1, 0.15) is 6.61 Å². The highest BCUT2D eigenvalue weighted by Gasteiger charge is 2.46. The zero-order valence-corrected chi connectivity index (χ0v) is 16.4. The summed E-state index contributed by atoms with van der Waals surface area (Å²) in [6.45, 7) is 8.67. The van der Waals surface area contributed by atoms with E-state index >= 15 is 0 Å². The van der Waals surface area contributed by atoms with Crippen LogP contribution in [-0.4, -0.2) is 18.6 Å². The van der Waals surface area contributed by atoms with E-state index in [-0.39, 0.29) is 18.1 Å². The summed E-state index contributed by atoms with van der Waals surface area (Å²) >= 11 is 0. The minimum Gasteiger partial charge on any atom is -0.368 e. The van der Waals surface area contributed by atoms with E-state index in [2.05, 4.69) is 31.7 Å². The first kappa shape index (κ1) is 19.2. The number of carbonyl (C=O) groups is 1. The average Bonchev–Trinajstić information content (AvgIpc) is 2.96. The lowest BCUT2D eigenvalue weighted by Crippen LogP contribution is -2.35. The summed E-state index contributed by atoms with van der Waals surface area (Å²) in [6, 6.07) is 0. The number of allylic oxidation sites excluding steroid dienone is 6. The molecule has 3 aliphatic carbocycles. The van der Waals surface area contributed by atoms with E-state index in [9.17, 15) is 4.79 Å². The Labute approximate surface area is 158 Å². The molecule has 3 rings (SSSR count). The second kappa shape index (κ2) is 7.96. The molecule has 1 unspecified atom stereocenters. The number of amides is 1. The van der Waals surface area contributed by atoms with Gasteiger partial charge in [-0.25, -0.2) is 0 Å². The van der Waals surface area contributed by atoms with Gasteiger partial charge in [0.2, 0.25) is 5.91 Å². The van der Waals surface area contributed by atoms with Gasteiger partial charge in [-0.05, 0) is 80.8 Å². The fourth-order valence-corrected chi connectivity index (χ4v) is 5.18. The molecular weight excluding hydrogens is 322 g/mol. The highest BCUT2D eigenvalue weighted by atomic mass is 16.5. The molecule has 26 heavy (non-hydrogen) atoms. The van der Waals surface area contributed by atoms with Crippen molar-refractivity contribution >= 4 is 5.91 Å². The van der Waals surface area contributed by atoms with E-state index in [1.54, 1.807) is 5.57 Å². The van der Waals surface area contributed by atoms with Crippen LogP contribution in [0.2, 0.25) is 0 Å². The van der Waals surface area contributed by atoms with Crippen LogP contribution in [0.25, 0.3) is 0 Å². The number of carbonyl (C=O) groups excluding carboxylic acids is 1. The molecule has 0 aromatic rings. The maximum Gasteiger partial charge on any atom is 0.243 e. The Morgan fingerprint density at radius 3 is 2.85 bits per heavy atom. The zero-order valence-electron chi connectivity index (χ0n) is 16.4. The highest BCUT2D eigenvalue weighted by Crippen LogP contribution is 2.55. The van der Waals surface area contributed by atoms with Crippen molar-refractivity contribution < 1.29 is 9.53 Å². The molecule has 2 fully saturated rings. The molecule has 3 aliphatic rings. The lowest BCUT2D eigenvalue weighted by atomic mass is 9.63. The third kappa shape index (κ3) is 3.88. The van der Waals surface area contributed by atoms with Gasteiger partial charge >= 0.3 is 0 Å². The van der Waals surface area contributed by atoms with E-state index in [1.165, 1.54) is 55.2 Å². The topological polar surface area (TPSA) is 52.3 Å². The predicted octanol–water partition coefficient (Wildman–Crippen LogP) is 5.00. The third-order valence-corrected chi connectivity index (χ3v) is 6.65. The van der Waals surface area contributed by atoms with Crippen LogP contribution in [0, 0.1) is 11.3 Å². The van der Waals surface area contributed by atoms with E-state index in [4.69, 9.17) is 10.5 Å². The van der Waals surface area contributed by atoms with Gasteiger partial charge in [-0.1, -0.05) is 42.9 Å². The van der Waals surface area contributed by atoms with Crippen molar-refractivity contribution in [3.63, 3.8) is 0 Å². The monoisotopic (exact) mass is 355 g/mol. The van der Waals surface area contributed by atoms with E-state index < -0.39 is 5.91 Å². The molecule has 1 amide bonds. The lowest BCUT2D eigenvalue weighted by Gasteiger charge is -2.42. The van der Waals surface area contributed by atoms with Gasteiger partial charge in [0.15, 0.2) is 0 Å². The van der Waals surface area contributed by atoms with Crippen molar-refractivity contribution in [2.24, 2.45) is 17.1 Å². The summed E-state index contributed by atoms with van der Waals surface area (Å²) < 4.78 is 5.72. The highest BCUT2D eigenvalue weighted by molar-refractivity contribution is 5.75. The maximum absolute atomic E-state index is 11.1. The summed E-state index contributed by atoms with van der Waals surface area (Å²) in [4.78, 5) is 11.1. The van der Waals surface area contributed by atoms with Gasteiger partial charge in [-0.2, -0.15) is 0 Å². The summed E-state index contributed by atoms with van der Waals surface area (Å²) in [5.74, 6) is 0.153. The van der Waals surface area contributed by atoms with Crippen LogP contribution in [0.4, 0.5) is 0 Å². The molecule has 0 bridgehead atoms. The summed E-state index contributed by atoms with van der Waals surface area (Å²) in [6.07, 6.45) is 16.6. The van der Waals surface area contributed by atoms with Gasteiger partial charge in [0.25, 0.3) is 0 Å². The number of ether oxygens (including phenoxy) is 1. The number of fused-ring (bicyclic) bond motifs is 1. The van der Waals surface area contributed by atoms with Crippen molar-refractivity contribution in [3.8, 4) is 0 Å². The van der Waals surface area contributed by atoms with Crippen molar-refractivity contribution in [1.82, 2.24) is 0 Å². The Bertz CT molecular complexity index is 670. The summed E-state index contributed by atoms with van der Waals surface area (Å²) in [7, 11) is 0. The molecule has 0 spiro atoms. The van der Waals surface area contributed by atoms with Crippen molar-refractivity contribution in [2.45, 2.75) is 71.3 Å². The number of primary amides is 1. The van der Waals surface area contributed by atoms with Crippen molar-refractivity contribution in [1.29, 1.82) is 0 Å². The Kier molecular flexibility index (Phi) is 5.86. The first-order valence-electron chi connectivity index (χ1n) is 10.1.